The molecule has 0 aliphatic rings. The third-order valence-electron chi connectivity index (χ3n) is 2.45. The smallest absolute Gasteiger partial charge is 0.352 e. The first-order chi connectivity index (χ1) is 9.06. The van der Waals surface area contributed by atoms with E-state index in [1.54, 1.807) is 6.07 Å². The topological polar surface area (TPSA) is 79.3 Å². The fourth-order valence-electron chi connectivity index (χ4n) is 1.65. The summed E-state index contributed by atoms with van der Waals surface area (Å²) in [5, 5.41) is 12.2. The normalized spacial score (nSPS) is 11.3. The van der Waals surface area contributed by atoms with Gasteiger partial charge in [-0.05, 0) is 18.2 Å². The molecule has 1 heterocycles. The van der Waals surface area contributed by atoms with Crippen molar-refractivity contribution >= 4 is 28.9 Å². The summed E-state index contributed by atoms with van der Waals surface area (Å²) in [5.74, 6) is -1.64. The number of carbonyl (C=O) groups excluding carboxylic acids is 1. The van der Waals surface area contributed by atoms with Crippen molar-refractivity contribution in [3.63, 3.8) is 0 Å². The number of carboxylic acids is 1. The van der Waals surface area contributed by atoms with E-state index in [-0.39, 0.29) is 5.70 Å². The van der Waals surface area contributed by atoms with Gasteiger partial charge in [0.15, 0.2) is 0 Å². The Morgan fingerprint density at radius 2 is 1.95 bits per heavy atom. The molecule has 1 aromatic heterocycles. The van der Waals surface area contributed by atoms with E-state index in [0.29, 0.717) is 5.69 Å². The van der Waals surface area contributed by atoms with Gasteiger partial charge in [0.05, 0.1) is 11.2 Å². The number of para-hydroxylation sites is 1. The number of carboxylic acid groups (broad SMARTS) is 1. The summed E-state index contributed by atoms with van der Waals surface area (Å²) in [6.45, 7) is 1.25. The number of pyridine rings is 1. The van der Waals surface area contributed by atoms with Gasteiger partial charge in [0.1, 0.15) is 5.70 Å². The molecule has 5 heteroatoms. The van der Waals surface area contributed by atoms with Gasteiger partial charge in [-0.3, -0.25) is 4.79 Å². The van der Waals surface area contributed by atoms with E-state index in [9.17, 15) is 9.59 Å². The number of aromatic nitrogens is 1. The van der Waals surface area contributed by atoms with Crippen LogP contribution in [0, 0.1) is 0 Å². The number of benzene rings is 1. The first-order valence-electron chi connectivity index (χ1n) is 5.64. The third-order valence-corrected chi connectivity index (χ3v) is 2.45. The zero-order valence-corrected chi connectivity index (χ0v) is 10.3. The van der Waals surface area contributed by atoms with Gasteiger partial charge in [0.2, 0.25) is 5.91 Å². The van der Waals surface area contributed by atoms with Crippen LogP contribution in [0.5, 0.6) is 0 Å². The molecule has 0 bridgehead atoms. The summed E-state index contributed by atoms with van der Waals surface area (Å²) in [6, 6.07) is 11.1. The SMILES string of the molecule is CC(=O)N/C(=C/c1ccc2ccccc2n1)C(=O)O. The van der Waals surface area contributed by atoms with Crippen LogP contribution in [-0.2, 0) is 9.59 Å². The van der Waals surface area contributed by atoms with Crippen molar-refractivity contribution in [3.05, 3.63) is 47.8 Å². The standard InChI is InChI=1S/C14H12N2O3/c1-9(17)15-13(14(18)19)8-11-7-6-10-4-2-3-5-12(10)16-11/h2-8H,1H3,(H,15,17)(H,18,19)/b13-8+. The molecule has 0 saturated carbocycles. The van der Waals surface area contributed by atoms with E-state index in [1.807, 2.05) is 30.3 Å². The number of nitrogens with zero attached hydrogens (tertiary/aromatic N) is 1. The van der Waals surface area contributed by atoms with Crippen LogP contribution in [0.15, 0.2) is 42.1 Å². The molecular weight excluding hydrogens is 244 g/mol. The van der Waals surface area contributed by atoms with E-state index >= 15 is 0 Å². The molecule has 0 fully saturated rings. The van der Waals surface area contributed by atoms with Crippen LogP contribution in [0.25, 0.3) is 17.0 Å². The molecule has 5 nitrogen and oxygen atoms in total. The van der Waals surface area contributed by atoms with Crippen LogP contribution in [0.1, 0.15) is 12.6 Å². The van der Waals surface area contributed by atoms with Gasteiger partial charge >= 0.3 is 5.97 Å². The molecule has 2 rings (SSSR count). The minimum absolute atomic E-state index is 0.199. The van der Waals surface area contributed by atoms with Crippen molar-refractivity contribution in [3.8, 4) is 0 Å². The van der Waals surface area contributed by atoms with E-state index < -0.39 is 11.9 Å². The van der Waals surface area contributed by atoms with Crippen LogP contribution in [0.2, 0.25) is 0 Å². The minimum atomic E-state index is -1.20. The molecule has 1 amide bonds. The summed E-state index contributed by atoms with van der Waals surface area (Å²) >= 11 is 0. The summed E-state index contributed by atoms with van der Waals surface area (Å²) in [4.78, 5) is 26.2. The van der Waals surface area contributed by atoms with Crippen molar-refractivity contribution in [1.82, 2.24) is 10.3 Å². The number of hydrogen-bond donors (Lipinski definition) is 2. The number of fused-ring (bicyclic) bond motifs is 1. The molecule has 2 N–H and O–H groups in total. The Balaban J connectivity index is 2.42. The average molecular weight is 256 g/mol. The van der Waals surface area contributed by atoms with Gasteiger partial charge in [0.25, 0.3) is 0 Å². The molecule has 19 heavy (non-hydrogen) atoms. The Hall–Kier alpha value is -2.69. The van der Waals surface area contributed by atoms with Crippen LogP contribution in [0.4, 0.5) is 0 Å². The predicted octanol–water partition coefficient (Wildman–Crippen LogP) is 1.80. The molecule has 0 atom stereocenters. The minimum Gasteiger partial charge on any atom is -0.477 e. The maximum Gasteiger partial charge on any atom is 0.352 e. The number of amides is 1. The predicted molar refractivity (Wildman–Crippen MR) is 71.2 cm³/mol. The van der Waals surface area contributed by atoms with Gasteiger partial charge < -0.3 is 10.4 Å². The van der Waals surface area contributed by atoms with Crippen LogP contribution in [-0.4, -0.2) is 22.0 Å². The monoisotopic (exact) mass is 256 g/mol. The van der Waals surface area contributed by atoms with Crippen LogP contribution < -0.4 is 5.32 Å². The van der Waals surface area contributed by atoms with Crippen molar-refractivity contribution in [1.29, 1.82) is 0 Å². The lowest BCUT2D eigenvalue weighted by Gasteiger charge is -2.03. The molecule has 96 valence electrons. The van der Waals surface area contributed by atoms with Crippen LogP contribution >= 0.6 is 0 Å². The van der Waals surface area contributed by atoms with Gasteiger partial charge in [0, 0.05) is 12.3 Å². The van der Waals surface area contributed by atoms with E-state index in [4.69, 9.17) is 5.11 Å². The summed E-state index contributed by atoms with van der Waals surface area (Å²) < 4.78 is 0. The second-order valence-electron chi connectivity index (χ2n) is 3.97. The maximum atomic E-state index is 11.0. The van der Waals surface area contributed by atoms with E-state index in [1.165, 1.54) is 13.0 Å². The highest BCUT2D eigenvalue weighted by Crippen LogP contribution is 2.13. The number of aliphatic carboxylic acids is 1. The van der Waals surface area contributed by atoms with Gasteiger partial charge in [-0.2, -0.15) is 0 Å². The van der Waals surface area contributed by atoms with Crippen LogP contribution in [0.3, 0.4) is 0 Å². The Morgan fingerprint density at radius 3 is 2.63 bits per heavy atom. The van der Waals surface area contributed by atoms with Gasteiger partial charge in [-0.1, -0.05) is 24.3 Å². The number of carbonyl (C=O) groups is 2. The Labute approximate surface area is 109 Å². The first-order valence-corrected chi connectivity index (χ1v) is 5.64. The highest BCUT2D eigenvalue weighted by atomic mass is 16.4. The highest BCUT2D eigenvalue weighted by Gasteiger charge is 2.09. The quantitative estimate of drug-likeness (QED) is 0.821. The van der Waals surface area contributed by atoms with Gasteiger partial charge in [-0.15, -0.1) is 0 Å². The number of rotatable bonds is 3. The molecule has 0 spiro atoms. The summed E-state index contributed by atoms with van der Waals surface area (Å²) in [7, 11) is 0. The Bertz CT molecular complexity index is 677. The van der Waals surface area contributed by atoms with Crippen molar-refractivity contribution in [2.45, 2.75) is 6.92 Å². The first kappa shape index (κ1) is 12.8. The molecule has 0 aliphatic heterocycles. The molecule has 0 unspecified atom stereocenters. The number of nitrogens with one attached hydrogen (secondary N) is 1. The zero-order chi connectivity index (χ0) is 13.8. The highest BCUT2D eigenvalue weighted by molar-refractivity contribution is 5.96. The van der Waals surface area contributed by atoms with Crippen molar-refractivity contribution in [2.75, 3.05) is 0 Å². The van der Waals surface area contributed by atoms with Crippen molar-refractivity contribution < 1.29 is 14.7 Å². The van der Waals surface area contributed by atoms with Gasteiger partial charge in [-0.25, -0.2) is 9.78 Å². The summed E-state index contributed by atoms with van der Waals surface area (Å²) in [5.41, 5.74) is 1.05. The third kappa shape index (κ3) is 3.16. The molecular formula is C14H12N2O3. The molecule has 2 aromatic rings. The Morgan fingerprint density at radius 1 is 1.21 bits per heavy atom. The lowest BCUT2D eigenvalue weighted by molar-refractivity contribution is -0.134. The molecule has 0 radical (unpaired) electrons. The molecule has 0 aliphatic carbocycles. The molecule has 0 saturated heterocycles. The zero-order valence-electron chi connectivity index (χ0n) is 10.3. The second-order valence-corrected chi connectivity index (χ2v) is 3.97. The van der Waals surface area contributed by atoms with Crippen molar-refractivity contribution in [2.24, 2.45) is 0 Å². The fraction of sp³-hybridized carbons (Fsp3) is 0.0714. The summed E-state index contributed by atoms with van der Waals surface area (Å²) in [6.07, 6.45) is 1.33. The lowest BCUT2D eigenvalue weighted by atomic mass is 10.2. The molecule has 1 aromatic carbocycles. The number of hydrogen-bond acceptors (Lipinski definition) is 3. The largest absolute Gasteiger partial charge is 0.477 e. The maximum absolute atomic E-state index is 11.0. The second kappa shape index (κ2) is 5.30. The van der Waals surface area contributed by atoms with E-state index in [2.05, 4.69) is 10.3 Å². The fourth-order valence-corrected chi connectivity index (χ4v) is 1.65. The Kier molecular flexibility index (Phi) is 3.56. The van der Waals surface area contributed by atoms with E-state index in [0.717, 1.165) is 10.9 Å². The lowest BCUT2D eigenvalue weighted by Crippen LogP contribution is -2.24. The average Bonchev–Trinajstić information content (AvgIpc) is 2.37.